The average Bonchev–Trinajstić information content (AvgIpc) is 2.73. The first kappa shape index (κ1) is 25.5. The molecule has 0 radical (unpaired) electrons. The zero-order valence-electron chi connectivity index (χ0n) is 21.1. The van der Waals surface area contributed by atoms with Crippen molar-refractivity contribution in [3.8, 4) is 0 Å². The number of benzene rings is 1. The van der Waals surface area contributed by atoms with Crippen molar-refractivity contribution in [2.24, 2.45) is 16.7 Å². The Morgan fingerprint density at radius 1 is 1.21 bits per heavy atom. The van der Waals surface area contributed by atoms with Crippen molar-refractivity contribution in [1.29, 1.82) is 0 Å². The van der Waals surface area contributed by atoms with Gasteiger partial charge in [0.15, 0.2) is 0 Å². The van der Waals surface area contributed by atoms with Crippen LogP contribution in [0.15, 0.2) is 18.2 Å². The Labute approximate surface area is 209 Å². The number of aliphatic hydroxyl groups excluding tert-OH is 1. The summed E-state index contributed by atoms with van der Waals surface area (Å²) in [7, 11) is 1.43. The van der Waals surface area contributed by atoms with Gasteiger partial charge in [-0.2, -0.15) is 0 Å². The quantitative estimate of drug-likeness (QED) is 0.483. The van der Waals surface area contributed by atoms with E-state index in [-0.39, 0.29) is 40.8 Å². The molecule has 0 aliphatic heterocycles. The van der Waals surface area contributed by atoms with Gasteiger partial charge < -0.3 is 15.2 Å². The minimum absolute atomic E-state index is 0.00597. The predicted molar refractivity (Wildman–Crippen MR) is 134 cm³/mol. The summed E-state index contributed by atoms with van der Waals surface area (Å²) >= 11 is 6.76. The molecule has 1 amide bonds. The number of esters is 1. The number of aliphatic hydroxyl groups is 1. The summed E-state index contributed by atoms with van der Waals surface area (Å²) in [6.45, 7) is 6.76. The molecular weight excluding hydrogens is 450 g/mol. The molecule has 34 heavy (non-hydrogen) atoms. The normalized spacial score (nSPS) is 32.4. The van der Waals surface area contributed by atoms with Gasteiger partial charge in [0, 0.05) is 29.0 Å². The summed E-state index contributed by atoms with van der Waals surface area (Å²) < 4.78 is 4.93. The lowest BCUT2D eigenvalue weighted by atomic mass is 9.39. The Balaban J connectivity index is 1.52. The largest absolute Gasteiger partial charge is 0.469 e. The van der Waals surface area contributed by atoms with Crippen molar-refractivity contribution in [3.63, 3.8) is 0 Å². The fraction of sp³-hybridized carbons (Fsp3) is 0.714. The summed E-state index contributed by atoms with van der Waals surface area (Å²) in [5.74, 6) is -0.127. The molecule has 5 nitrogen and oxygen atoms in total. The van der Waals surface area contributed by atoms with Gasteiger partial charge in [-0.25, -0.2) is 0 Å². The molecule has 0 saturated heterocycles. The maximum atomic E-state index is 13.4. The van der Waals surface area contributed by atoms with E-state index < -0.39 is 5.41 Å². The van der Waals surface area contributed by atoms with Crippen LogP contribution in [-0.2, 0) is 26.2 Å². The highest BCUT2D eigenvalue weighted by atomic mass is 35.5. The molecule has 4 aliphatic rings. The maximum absolute atomic E-state index is 13.4. The molecule has 1 aromatic carbocycles. The highest BCUT2D eigenvalue weighted by molar-refractivity contribution is 6.31. The van der Waals surface area contributed by atoms with E-state index in [9.17, 15) is 14.7 Å². The number of halogens is 1. The zero-order chi connectivity index (χ0) is 24.8. The number of amides is 1. The molecule has 2 bridgehead atoms. The van der Waals surface area contributed by atoms with E-state index in [2.05, 4.69) is 38.2 Å². The Hall–Kier alpha value is -1.59. The average molecular weight is 490 g/mol. The third-order valence-electron chi connectivity index (χ3n) is 8.73. The van der Waals surface area contributed by atoms with E-state index >= 15 is 0 Å². The molecule has 4 fully saturated rings. The third-order valence-corrected chi connectivity index (χ3v) is 9.08. The van der Waals surface area contributed by atoms with Crippen LogP contribution in [0.1, 0.15) is 89.7 Å². The second-order valence-corrected chi connectivity index (χ2v) is 12.9. The van der Waals surface area contributed by atoms with Crippen molar-refractivity contribution in [2.45, 2.75) is 95.9 Å². The summed E-state index contributed by atoms with van der Waals surface area (Å²) in [4.78, 5) is 25.4. The van der Waals surface area contributed by atoms with Gasteiger partial charge in [-0.05, 0) is 73.5 Å². The van der Waals surface area contributed by atoms with Gasteiger partial charge in [-0.1, -0.05) is 57.3 Å². The molecule has 0 spiro atoms. The molecule has 0 aromatic heterocycles. The summed E-state index contributed by atoms with van der Waals surface area (Å²) in [6, 6.07) is 6.31. The van der Waals surface area contributed by atoms with Crippen molar-refractivity contribution < 1.29 is 19.4 Å². The first-order valence-corrected chi connectivity index (χ1v) is 13.1. The number of carbonyl (C=O) groups excluding carboxylic acids is 2. The second kappa shape index (κ2) is 9.13. The second-order valence-electron chi connectivity index (χ2n) is 12.5. The first-order chi connectivity index (χ1) is 16.0. The highest BCUT2D eigenvalue weighted by Gasteiger charge is 2.73. The SMILES string of the molecule is COC(=O)C12CC(NC(=O)C[C@]3(c4ccc(CCC(C)(C)C)c(Cl)c4)CCCCC3CO)(C1)C2. The van der Waals surface area contributed by atoms with Gasteiger partial charge >= 0.3 is 5.97 Å². The minimum atomic E-state index is -0.424. The van der Waals surface area contributed by atoms with Crippen molar-refractivity contribution in [1.82, 2.24) is 5.32 Å². The van der Waals surface area contributed by atoms with Crippen molar-refractivity contribution >= 4 is 23.5 Å². The highest BCUT2D eigenvalue weighted by Crippen LogP contribution is 2.67. The van der Waals surface area contributed by atoms with E-state index in [4.69, 9.17) is 16.3 Å². The number of rotatable bonds is 8. The van der Waals surface area contributed by atoms with Crippen LogP contribution in [0.5, 0.6) is 0 Å². The van der Waals surface area contributed by atoms with Crippen LogP contribution in [0, 0.1) is 16.7 Å². The van der Waals surface area contributed by atoms with Gasteiger partial charge in [0.25, 0.3) is 0 Å². The Morgan fingerprint density at radius 2 is 1.91 bits per heavy atom. The third kappa shape index (κ3) is 4.63. The smallest absolute Gasteiger partial charge is 0.312 e. The fourth-order valence-corrected chi connectivity index (χ4v) is 7.12. The van der Waals surface area contributed by atoms with E-state index in [0.717, 1.165) is 54.7 Å². The van der Waals surface area contributed by atoms with Crippen LogP contribution in [0.2, 0.25) is 5.02 Å². The predicted octanol–water partition coefficient (Wildman–Crippen LogP) is 5.34. The van der Waals surface area contributed by atoms with E-state index in [1.165, 1.54) is 7.11 Å². The zero-order valence-corrected chi connectivity index (χ0v) is 21.9. The molecule has 4 aliphatic carbocycles. The number of carbonyl (C=O) groups is 2. The number of aryl methyl sites for hydroxylation is 1. The molecule has 6 heteroatoms. The van der Waals surface area contributed by atoms with Gasteiger partial charge in [-0.3, -0.25) is 9.59 Å². The molecule has 4 saturated carbocycles. The molecule has 2 N–H and O–H groups in total. The molecule has 1 aromatic rings. The molecule has 1 unspecified atom stereocenters. The number of ether oxygens (including phenoxy) is 1. The van der Waals surface area contributed by atoms with Gasteiger partial charge in [0.1, 0.15) is 0 Å². The topological polar surface area (TPSA) is 75.6 Å². The van der Waals surface area contributed by atoms with Gasteiger partial charge in [0.2, 0.25) is 5.91 Å². The van der Waals surface area contributed by atoms with E-state index in [1.807, 2.05) is 6.07 Å². The lowest BCUT2D eigenvalue weighted by Crippen LogP contribution is -2.77. The van der Waals surface area contributed by atoms with Crippen LogP contribution >= 0.6 is 11.6 Å². The number of hydrogen-bond acceptors (Lipinski definition) is 4. The summed E-state index contributed by atoms with van der Waals surface area (Å²) in [6.07, 6.45) is 8.18. The van der Waals surface area contributed by atoms with Crippen LogP contribution in [0.3, 0.4) is 0 Å². The molecule has 0 heterocycles. The number of nitrogens with one attached hydrogen (secondary N) is 1. The molecule has 188 valence electrons. The Bertz CT molecular complexity index is 932. The number of hydrogen-bond donors (Lipinski definition) is 2. The Kier molecular flexibility index (Phi) is 6.85. The molecule has 5 rings (SSSR count). The van der Waals surface area contributed by atoms with Crippen molar-refractivity contribution in [3.05, 3.63) is 34.3 Å². The minimum Gasteiger partial charge on any atom is -0.469 e. The fourth-order valence-electron chi connectivity index (χ4n) is 6.84. The lowest BCUT2D eigenvalue weighted by Gasteiger charge is -2.68. The molecule has 2 atom stereocenters. The maximum Gasteiger partial charge on any atom is 0.312 e. The monoisotopic (exact) mass is 489 g/mol. The van der Waals surface area contributed by atoms with Crippen LogP contribution in [0.25, 0.3) is 0 Å². The summed E-state index contributed by atoms with van der Waals surface area (Å²) in [5.41, 5.74) is 1.37. The van der Waals surface area contributed by atoms with Crippen LogP contribution in [-0.4, -0.2) is 36.2 Å². The van der Waals surface area contributed by atoms with Crippen LogP contribution < -0.4 is 5.32 Å². The number of methoxy groups -OCH3 is 1. The first-order valence-electron chi connectivity index (χ1n) is 12.8. The van der Waals surface area contributed by atoms with E-state index in [1.54, 1.807) is 0 Å². The van der Waals surface area contributed by atoms with E-state index in [0.29, 0.717) is 25.7 Å². The standard InChI is InChI=1S/C28H40ClNO4/c1-25(2,3)12-10-19-8-9-20(13-22(19)29)28(11-6-5-7-21(28)15-31)14-23(32)30-27-16-26(17-27,18-27)24(33)34-4/h8-9,13,21,31H,5-7,10-12,14-18H2,1-4H3,(H,30,32)/t21?,26?,27?,28-/m0/s1. The van der Waals surface area contributed by atoms with Crippen LogP contribution in [0.4, 0.5) is 0 Å². The van der Waals surface area contributed by atoms with Crippen molar-refractivity contribution in [2.75, 3.05) is 13.7 Å². The molecular formula is C28H40ClNO4. The van der Waals surface area contributed by atoms with Gasteiger partial charge in [-0.15, -0.1) is 0 Å². The lowest BCUT2D eigenvalue weighted by molar-refractivity contribution is -0.203. The Morgan fingerprint density at radius 3 is 2.50 bits per heavy atom. The van der Waals surface area contributed by atoms with Gasteiger partial charge in [0.05, 0.1) is 12.5 Å². The summed E-state index contributed by atoms with van der Waals surface area (Å²) in [5, 5.41) is 14.3.